The molecule has 0 amide bonds. The Balaban J connectivity index is 1.58. The molecule has 2 aromatic carbocycles. The van der Waals surface area contributed by atoms with Crippen LogP contribution in [-0.2, 0) is 42.9 Å². The van der Waals surface area contributed by atoms with Gasteiger partial charge >= 0.3 is 23.9 Å². The second-order valence-electron chi connectivity index (χ2n) is 15.9. The van der Waals surface area contributed by atoms with Crippen LogP contribution in [0.4, 0.5) is 0 Å². The molecule has 0 radical (unpaired) electrons. The monoisotopic (exact) mass is 748 g/mol. The molecule has 2 saturated carbocycles. The van der Waals surface area contributed by atoms with Crippen LogP contribution < -0.4 is 0 Å². The number of carbonyl (C=O) groups is 5. The highest BCUT2D eigenvalue weighted by molar-refractivity contribution is 6.02. The molecule has 54 heavy (non-hydrogen) atoms. The first kappa shape index (κ1) is 39.3. The average molecular weight is 749 g/mol. The molecule has 13 heteroatoms. The zero-order valence-electron chi connectivity index (χ0n) is 31.4. The van der Waals surface area contributed by atoms with Gasteiger partial charge in [-0.2, -0.15) is 0 Å². The van der Waals surface area contributed by atoms with Crippen molar-refractivity contribution in [2.24, 2.45) is 22.7 Å². The van der Waals surface area contributed by atoms with Crippen molar-refractivity contribution in [3.63, 3.8) is 0 Å². The van der Waals surface area contributed by atoms with Gasteiger partial charge in [0, 0.05) is 43.9 Å². The second-order valence-corrected chi connectivity index (χ2v) is 15.9. The molecule has 11 unspecified atom stereocenters. The van der Waals surface area contributed by atoms with Crippen molar-refractivity contribution >= 4 is 29.7 Å². The van der Waals surface area contributed by atoms with Gasteiger partial charge in [0.05, 0.1) is 29.6 Å². The number of carbonyl (C=O) groups excluding carboxylic acids is 5. The van der Waals surface area contributed by atoms with E-state index in [0.717, 1.165) is 6.92 Å². The standard InChI is InChI=1S/C41H48O13/c1-21(25-14-10-8-11-15-25)31(45)37(48)52-27-19-41(49)35(53-36(47)26-16-12-9-13-17-26)33-39(7,28(44)18-29-40(33,20-50-29)54-24(4)43)34(46)32(51-23(3)42)30(22(27)2)38(41,5)6/h8-17,21-22,27-29,31,33,35,44-45,49H,18-20H2,1-7H3. The number of hydrogen-bond acceptors (Lipinski definition) is 13. The van der Waals surface area contributed by atoms with E-state index in [2.05, 4.69) is 0 Å². The van der Waals surface area contributed by atoms with Gasteiger partial charge in [-0.05, 0) is 30.2 Å². The van der Waals surface area contributed by atoms with E-state index in [1.807, 2.05) is 0 Å². The van der Waals surface area contributed by atoms with Gasteiger partial charge in [-0.3, -0.25) is 14.4 Å². The molecule has 4 aliphatic rings. The van der Waals surface area contributed by atoms with Gasteiger partial charge in [0.25, 0.3) is 0 Å². The molecule has 3 aliphatic carbocycles. The number of ether oxygens (including phenoxy) is 5. The van der Waals surface area contributed by atoms with Crippen molar-refractivity contribution in [1.82, 2.24) is 0 Å². The summed E-state index contributed by atoms with van der Waals surface area (Å²) in [4.78, 5) is 68.8. The number of ketones is 1. The maximum Gasteiger partial charge on any atom is 0.338 e. The summed E-state index contributed by atoms with van der Waals surface area (Å²) in [5.74, 6) is -7.98. The fourth-order valence-electron chi connectivity index (χ4n) is 9.38. The normalized spacial score (nSPS) is 35.0. The maximum absolute atomic E-state index is 15.3. The molecule has 13 nitrogen and oxygen atoms in total. The summed E-state index contributed by atoms with van der Waals surface area (Å²) in [7, 11) is 0. The minimum absolute atomic E-state index is 0.0704. The topological polar surface area (TPSA) is 192 Å². The number of allylic oxidation sites excluding steroid dienone is 1. The Labute approximate surface area is 313 Å². The van der Waals surface area contributed by atoms with E-state index in [1.165, 1.54) is 26.0 Å². The lowest BCUT2D eigenvalue weighted by Crippen LogP contribution is -2.81. The summed E-state index contributed by atoms with van der Waals surface area (Å²) in [6.45, 7) is 9.90. The van der Waals surface area contributed by atoms with Gasteiger partial charge in [-0.1, -0.05) is 76.2 Å². The lowest BCUT2D eigenvalue weighted by atomic mass is 9.45. The predicted molar refractivity (Wildman–Crippen MR) is 189 cm³/mol. The number of rotatable bonds is 8. The summed E-state index contributed by atoms with van der Waals surface area (Å²) in [5, 5.41) is 36.6. The lowest BCUT2D eigenvalue weighted by Gasteiger charge is -2.67. The molecule has 3 fully saturated rings. The van der Waals surface area contributed by atoms with Crippen LogP contribution >= 0.6 is 0 Å². The molecule has 0 aromatic heterocycles. The Morgan fingerprint density at radius 1 is 0.926 bits per heavy atom. The Bertz CT molecular complexity index is 1860. The van der Waals surface area contributed by atoms with Crippen LogP contribution in [0.1, 0.15) is 83.1 Å². The van der Waals surface area contributed by atoms with Crippen LogP contribution in [0.25, 0.3) is 0 Å². The largest absolute Gasteiger partial charge is 0.460 e. The molecule has 2 aromatic rings. The zero-order chi connectivity index (χ0) is 39.5. The van der Waals surface area contributed by atoms with Crippen LogP contribution in [0.15, 0.2) is 72.0 Å². The van der Waals surface area contributed by atoms with Crippen LogP contribution in [0, 0.1) is 22.7 Å². The third kappa shape index (κ3) is 6.05. The first-order valence-electron chi connectivity index (χ1n) is 18.2. The van der Waals surface area contributed by atoms with Crippen molar-refractivity contribution in [2.45, 2.75) is 109 Å². The Morgan fingerprint density at radius 2 is 1.54 bits per heavy atom. The fourth-order valence-corrected chi connectivity index (χ4v) is 9.38. The second kappa shape index (κ2) is 14.0. The van der Waals surface area contributed by atoms with Gasteiger partial charge in [0.1, 0.15) is 23.9 Å². The molecular weight excluding hydrogens is 700 g/mol. The predicted octanol–water partition coefficient (Wildman–Crippen LogP) is 3.57. The highest BCUT2D eigenvalue weighted by Gasteiger charge is 2.78. The number of esters is 4. The number of aliphatic hydroxyl groups is 3. The van der Waals surface area contributed by atoms with Crippen molar-refractivity contribution in [3.8, 4) is 0 Å². The van der Waals surface area contributed by atoms with Gasteiger partial charge in [-0.15, -0.1) is 0 Å². The summed E-state index contributed by atoms with van der Waals surface area (Å²) in [5.41, 5.74) is -6.75. The van der Waals surface area contributed by atoms with E-state index < -0.39 is 112 Å². The minimum Gasteiger partial charge on any atom is -0.460 e. The van der Waals surface area contributed by atoms with Crippen LogP contribution in [0.3, 0.4) is 0 Å². The molecule has 1 aliphatic heterocycles. The third-order valence-corrected chi connectivity index (χ3v) is 12.5. The molecule has 6 rings (SSSR count). The molecule has 1 heterocycles. The molecular formula is C41H48O13. The quantitative estimate of drug-likeness (QED) is 0.263. The number of hydrogen-bond donors (Lipinski definition) is 3. The average Bonchev–Trinajstić information content (AvgIpc) is 3.12. The summed E-state index contributed by atoms with van der Waals surface area (Å²) in [6, 6.07) is 16.8. The Kier molecular flexibility index (Phi) is 10.2. The molecule has 3 N–H and O–H groups in total. The van der Waals surface area contributed by atoms with Crippen LogP contribution in [-0.4, -0.2) is 93.3 Å². The van der Waals surface area contributed by atoms with E-state index in [0.29, 0.717) is 5.56 Å². The van der Waals surface area contributed by atoms with Gasteiger partial charge < -0.3 is 39.0 Å². The van der Waals surface area contributed by atoms with E-state index in [1.54, 1.807) is 76.2 Å². The lowest BCUT2D eigenvalue weighted by molar-refractivity contribution is -0.345. The Hall–Kier alpha value is -4.43. The van der Waals surface area contributed by atoms with Crippen molar-refractivity contribution < 1.29 is 63.0 Å². The molecule has 290 valence electrons. The van der Waals surface area contributed by atoms with Crippen molar-refractivity contribution in [2.75, 3.05) is 6.61 Å². The Morgan fingerprint density at radius 3 is 2.09 bits per heavy atom. The first-order valence-corrected chi connectivity index (χ1v) is 18.2. The van der Waals surface area contributed by atoms with E-state index in [-0.39, 0.29) is 24.2 Å². The van der Waals surface area contributed by atoms with Crippen LogP contribution in [0.2, 0.25) is 0 Å². The minimum atomic E-state index is -2.29. The smallest absolute Gasteiger partial charge is 0.338 e. The molecule has 11 atom stereocenters. The van der Waals surface area contributed by atoms with Crippen LogP contribution in [0.5, 0.6) is 0 Å². The van der Waals surface area contributed by atoms with E-state index >= 15 is 4.79 Å². The number of benzene rings is 2. The fraction of sp³-hybridized carbons (Fsp3) is 0.537. The number of Topliss-reactive ketones (excluding diaryl/α,β-unsaturated/α-hetero) is 1. The first-order chi connectivity index (χ1) is 25.3. The van der Waals surface area contributed by atoms with Gasteiger partial charge in [0.2, 0.25) is 5.78 Å². The zero-order valence-corrected chi connectivity index (χ0v) is 31.4. The molecule has 2 bridgehead atoms. The highest BCUT2D eigenvalue weighted by atomic mass is 16.6. The third-order valence-electron chi connectivity index (χ3n) is 12.5. The van der Waals surface area contributed by atoms with Crippen molar-refractivity contribution in [1.29, 1.82) is 0 Å². The SMILES string of the molecule is CC(=O)OC1=C2C(C)C(OC(=O)C(O)C(C)c3ccccc3)CC(O)(C(OC(=O)c3ccccc3)C3C4(OC(C)=O)COC4CC(O)C3(C)C1=O)C2(C)C. The van der Waals surface area contributed by atoms with Gasteiger partial charge in [0.15, 0.2) is 17.5 Å². The summed E-state index contributed by atoms with van der Waals surface area (Å²) in [6.07, 6.45) is -7.76. The summed E-state index contributed by atoms with van der Waals surface area (Å²) >= 11 is 0. The van der Waals surface area contributed by atoms with E-state index in [4.69, 9.17) is 23.7 Å². The number of aliphatic hydroxyl groups excluding tert-OH is 2. The van der Waals surface area contributed by atoms with E-state index in [9.17, 15) is 34.5 Å². The maximum atomic E-state index is 15.3. The summed E-state index contributed by atoms with van der Waals surface area (Å²) < 4.78 is 30.0. The highest BCUT2D eigenvalue weighted by Crippen LogP contribution is 2.65. The molecule has 1 saturated heterocycles. The number of fused-ring (bicyclic) bond motifs is 5. The van der Waals surface area contributed by atoms with Gasteiger partial charge in [-0.25, -0.2) is 9.59 Å². The molecule has 0 spiro atoms. The van der Waals surface area contributed by atoms with Crippen molar-refractivity contribution in [3.05, 3.63) is 83.1 Å².